The second kappa shape index (κ2) is 5.27. The third kappa shape index (κ3) is 2.66. The van der Waals surface area contributed by atoms with Gasteiger partial charge in [0.05, 0.1) is 0 Å². The van der Waals surface area contributed by atoms with Crippen molar-refractivity contribution in [1.29, 1.82) is 0 Å². The van der Waals surface area contributed by atoms with E-state index in [0.29, 0.717) is 24.9 Å². The summed E-state index contributed by atoms with van der Waals surface area (Å²) in [4.78, 5) is 0. The minimum absolute atomic E-state index is 0.0531. The molecule has 0 unspecified atom stereocenters. The lowest BCUT2D eigenvalue weighted by Gasteiger charge is -2.09. The lowest BCUT2D eigenvalue weighted by atomic mass is 10.0. The van der Waals surface area contributed by atoms with Crippen molar-refractivity contribution in [2.75, 3.05) is 6.54 Å². The summed E-state index contributed by atoms with van der Waals surface area (Å²) < 4.78 is 25.2. The molecule has 0 fully saturated rings. The zero-order valence-electron chi connectivity index (χ0n) is 7.64. The first-order valence-electron chi connectivity index (χ1n) is 4.42. The van der Waals surface area contributed by atoms with Gasteiger partial charge in [-0.3, -0.25) is 0 Å². The molecule has 0 amide bonds. The van der Waals surface area contributed by atoms with E-state index in [1.54, 1.807) is 12.1 Å². The largest absolute Gasteiger partial charge is 0.330 e. The van der Waals surface area contributed by atoms with E-state index in [1.165, 1.54) is 6.07 Å². The Balaban J connectivity index is 2.96. The Morgan fingerprint density at radius 3 is 2.64 bits per heavy atom. The molecule has 1 nitrogen and oxygen atoms in total. The SMILES string of the molecule is NCCCc1cccc(Cl)c1C(F)F. The summed E-state index contributed by atoms with van der Waals surface area (Å²) in [5.41, 5.74) is 5.86. The summed E-state index contributed by atoms with van der Waals surface area (Å²) in [6, 6.07) is 4.83. The van der Waals surface area contributed by atoms with Crippen molar-refractivity contribution >= 4 is 11.6 Å². The van der Waals surface area contributed by atoms with E-state index in [0.717, 1.165) is 0 Å². The van der Waals surface area contributed by atoms with Gasteiger partial charge in [0.25, 0.3) is 6.43 Å². The molecule has 4 heteroatoms. The molecule has 78 valence electrons. The predicted octanol–water partition coefficient (Wildman–Crippen LogP) is 3.17. The van der Waals surface area contributed by atoms with Crippen LogP contribution in [-0.4, -0.2) is 6.54 Å². The van der Waals surface area contributed by atoms with Gasteiger partial charge in [-0.1, -0.05) is 23.7 Å². The molecule has 0 spiro atoms. The first-order valence-corrected chi connectivity index (χ1v) is 4.80. The van der Waals surface area contributed by atoms with Gasteiger partial charge in [0.2, 0.25) is 0 Å². The van der Waals surface area contributed by atoms with Crippen LogP contribution in [0.15, 0.2) is 18.2 Å². The average Bonchev–Trinajstić information content (AvgIpc) is 2.14. The highest BCUT2D eigenvalue weighted by molar-refractivity contribution is 6.31. The molecule has 0 aromatic heterocycles. The average molecular weight is 220 g/mol. The van der Waals surface area contributed by atoms with Crippen LogP contribution in [0.2, 0.25) is 5.02 Å². The van der Waals surface area contributed by atoms with E-state index in [1.807, 2.05) is 0 Å². The molecule has 14 heavy (non-hydrogen) atoms. The van der Waals surface area contributed by atoms with Crippen LogP contribution in [0.3, 0.4) is 0 Å². The molecule has 0 radical (unpaired) electrons. The highest BCUT2D eigenvalue weighted by Gasteiger charge is 2.15. The van der Waals surface area contributed by atoms with E-state index < -0.39 is 6.43 Å². The fourth-order valence-corrected chi connectivity index (χ4v) is 1.61. The molecule has 0 saturated carbocycles. The second-order valence-electron chi connectivity index (χ2n) is 3.01. The smallest absolute Gasteiger partial charge is 0.265 e. The summed E-state index contributed by atoms with van der Waals surface area (Å²) in [7, 11) is 0. The lowest BCUT2D eigenvalue weighted by molar-refractivity contribution is 0.150. The van der Waals surface area contributed by atoms with Crippen molar-refractivity contribution in [3.8, 4) is 0 Å². The van der Waals surface area contributed by atoms with Crippen LogP contribution in [0.4, 0.5) is 8.78 Å². The van der Waals surface area contributed by atoms with E-state index in [9.17, 15) is 8.78 Å². The molecule has 0 atom stereocenters. The number of hydrogen-bond donors (Lipinski definition) is 1. The fraction of sp³-hybridized carbons (Fsp3) is 0.400. The molecule has 0 heterocycles. The molecular weight excluding hydrogens is 208 g/mol. The van der Waals surface area contributed by atoms with Crippen molar-refractivity contribution in [1.82, 2.24) is 0 Å². The van der Waals surface area contributed by atoms with E-state index in [-0.39, 0.29) is 10.6 Å². The summed E-state index contributed by atoms with van der Waals surface area (Å²) in [6.45, 7) is 0.495. The number of hydrogen-bond acceptors (Lipinski definition) is 1. The molecule has 1 aromatic rings. The summed E-state index contributed by atoms with van der Waals surface area (Å²) in [6.07, 6.45) is -1.27. The molecule has 0 saturated heterocycles. The van der Waals surface area contributed by atoms with Gasteiger partial charge >= 0.3 is 0 Å². The number of benzene rings is 1. The van der Waals surface area contributed by atoms with Gasteiger partial charge < -0.3 is 5.73 Å². The number of halogens is 3. The van der Waals surface area contributed by atoms with Gasteiger partial charge in [-0.2, -0.15) is 0 Å². The standard InChI is InChI=1S/C10H12ClF2N/c11-8-5-1-3-7(4-2-6-14)9(8)10(12)13/h1,3,5,10H,2,4,6,14H2. The Hall–Kier alpha value is -0.670. The van der Waals surface area contributed by atoms with E-state index in [4.69, 9.17) is 17.3 Å². The molecular formula is C10H12ClF2N. The number of alkyl halides is 2. The van der Waals surface area contributed by atoms with Crippen molar-refractivity contribution in [2.24, 2.45) is 5.73 Å². The van der Waals surface area contributed by atoms with Crippen molar-refractivity contribution in [3.63, 3.8) is 0 Å². The molecule has 0 aliphatic rings. The Labute approximate surface area is 86.9 Å². The Bertz CT molecular complexity index is 302. The van der Waals surface area contributed by atoms with Crippen LogP contribution >= 0.6 is 11.6 Å². The normalized spacial score (nSPS) is 10.9. The van der Waals surface area contributed by atoms with Crippen LogP contribution in [0.1, 0.15) is 24.0 Å². The minimum Gasteiger partial charge on any atom is -0.330 e. The highest BCUT2D eigenvalue weighted by Crippen LogP contribution is 2.30. The molecule has 1 rings (SSSR count). The molecule has 0 aliphatic carbocycles. The summed E-state index contributed by atoms with van der Waals surface area (Å²) in [5.74, 6) is 0. The lowest BCUT2D eigenvalue weighted by Crippen LogP contribution is -2.03. The van der Waals surface area contributed by atoms with Crippen LogP contribution in [0, 0.1) is 0 Å². The molecule has 2 N–H and O–H groups in total. The Morgan fingerprint density at radius 1 is 1.36 bits per heavy atom. The fourth-order valence-electron chi connectivity index (χ4n) is 1.34. The maximum absolute atomic E-state index is 12.6. The quantitative estimate of drug-likeness (QED) is 0.827. The topological polar surface area (TPSA) is 26.0 Å². The summed E-state index contributed by atoms with van der Waals surface area (Å²) in [5, 5.41) is 0.134. The van der Waals surface area contributed by atoms with Gasteiger partial charge in [0, 0.05) is 10.6 Å². The van der Waals surface area contributed by atoms with Gasteiger partial charge in [-0.25, -0.2) is 8.78 Å². The van der Waals surface area contributed by atoms with E-state index >= 15 is 0 Å². The monoisotopic (exact) mass is 219 g/mol. The third-order valence-electron chi connectivity index (χ3n) is 2.01. The van der Waals surface area contributed by atoms with Gasteiger partial charge in [-0.15, -0.1) is 0 Å². The molecule has 0 bridgehead atoms. The van der Waals surface area contributed by atoms with E-state index in [2.05, 4.69) is 0 Å². The number of aryl methyl sites for hydroxylation is 1. The molecule has 0 aliphatic heterocycles. The first kappa shape index (κ1) is 11.4. The van der Waals surface area contributed by atoms with Crippen LogP contribution < -0.4 is 5.73 Å². The Kier molecular flexibility index (Phi) is 4.29. The maximum atomic E-state index is 12.6. The summed E-state index contributed by atoms with van der Waals surface area (Å²) >= 11 is 5.69. The zero-order chi connectivity index (χ0) is 10.6. The van der Waals surface area contributed by atoms with Crippen LogP contribution in [-0.2, 0) is 6.42 Å². The van der Waals surface area contributed by atoms with Crippen molar-refractivity contribution < 1.29 is 8.78 Å². The first-order chi connectivity index (χ1) is 6.66. The van der Waals surface area contributed by atoms with Crippen molar-refractivity contribution in [3.05, 3.63) is 34.3 Å². The maximum Gasteiger partial charge on any atom is 0.265 e. The van der Waals surface area contributed by atoms with Crippen LogP contribution in [0.25, 0.3) is 0 Å². The highest BCUT2D eigenvalue weighted by atomic mass is 35.5. The van der Waals surface area contributed by atoms with Gasteiger partial charge in [0.15, 0.2) is 0 Å². The molecule has 1 aromatic carbocycles. The third-order valence-corrected chi connectivity index (χ3v) is 2.34. The number of nitrogens with two attached hydrogens (primary N) is 1. The second-order valence-corrected chi connectivity index (χ2v) is 3.41. The minimum atomic E-state index is -2.52. The number of rotatable bonds is 4. The zero-order valence-corrected chi connectivity index (χ0v) is 8.40. The van der Waals surface area contributed by atoms with Crippen LogP contribution in [0.5, 0.6) is 0 Å². The Morgan fingerprint density at radius 2 is 2.07 bits per heavy atom. The predicted molar refractivity (Wildman–Crippen MR) is 53.8 cm³/mol. The van der Waals surface area contributed by atoms with Gasteiger partial charge in [0.1, 0.15) is 0 Å². The van der Waals surface area contributed by atoms with Crippen molar-refractivity contribution in [2.45, 2.75) is 19.3 Å². The van der Waals surface area contributed by atoms with Gasteiger partial charge in [-0.05, 0) is 31.0 Å².